The number of hydrogen-bond donors (Lipinski definition) is 0. The Labute approximate surface area is 101 Å². The van der Waals surface area contributed by atoms with Crippen molar-refractivity contribution in [1.82, 2.24) is 15.0 Å². The highest BCUT2D eigenvalue weighted by Crippen LogP contribution is 2.17. The molecule has 0 fully saturated rings. The molecule has 0 saturated carbocycles. The third-order valence-electron chi connectivity index (χ3n) is 2.05. The van der Waals surface area contributed by atoms with Crippen LogP contribution in [0.2, 0.25) is 0 Å². The second-order valence-electron chi connectivity index (χ2n) is 3.24. The first-order valence-electron chi connectivity index (χ1n) is 4.90. The number of hydrogen-bond acceptors (Lipinski definition) is 4. The van der Waals surface area contributed by atoms with E-state index in [0.29, 0.717) is 10.2 Å². The van der Waals surface area contributed by atoms with Crippen LogP contribution in [0, 0.1) is 13.8 Å². The Kier molecular flexibility index (Phi) is 4.92. The van der Waals surface area contributed by atoms with Crippen molar-refractivity contribution in [2.45, 2.75) is 39.2 Å². The first kappa shape index (κ1) is 12.3. The normalized spacial score (nSPS) is 10.5. The minimum absolute atomic E-state index is 0.147. The van der Waals surface area contributed by atoms with E-state index in [2.05, 4.69) is 17.2 Å². The van der Waals surface area contributed by atoms with Crippen molar-refractivity contribution in [2.24, 2.45) is 0 Å². The van der Waals surface area contributed by atoms with E-state index in [1.165, 1.54) is 12.8 Å². The molecule has 0 radical (unpaired) electrons. The van der Waals surface area contributed by atoms with Crippen LogP contribution in [0.5, 0.6) is 0 Å². The topological polar surface area (TPSA) is 73.8 Å². The zero-order valence-corrected chi connectivity index (χ0v) is 10.7. The molecule has 0 aliphatic carbocycles. The number of aryl methyl sites for hydroxylation is 1. The second-order valence-corrected chi connectivity index (χ2v) is 4.27. The highest BCUT2D eigenvalue weighted by atomic mass is 127. The molecule has 0 aliphatic heterocycles. The summed E-state index contributed by atoms with van der Waals surface area (Å²) in [6.07, 6.45) is 4.48. The zero-order valence-electron chi connectivity index (χ0n) is 8.52. The van der Waals surface area contributed by atoms with Crippen LogP contribution in [0.25, 0.3) is 0 Å². The maximum Gasteiger partial charge on any atom is 0.424 e. The molecule has 0 spiro atoms. The van der Waals surface area contributed by atoms with Crippen LogP contribution < -0.4 is 0 Å². The molecule has 0 amide bonds. The summed E-state index contributed by atoms with van der Waals surface area (Å²) in [6.45, 7) is 2.85. The Morgan fingerprint density at radius 3 is 2.73 bits per heavy atom. The minimum atomic E-state index is -0.503. The van der Waals surface area contributed by atoms with Gasteiger partial charge in [-0.1, -0.05) is 26.2 Å². The van der Waals surface area contributed by atoms with Gasteiger partial charge in [-0.15, -0.1) is 0 Å². The van der Waals surface area contributed by atoms with Crippen LogP contribution in [0.15, 0.2) is 0 Å². The fourth-order valence-electron chi connectivity index (χ4n) is 1.24. The summed E-state index contributed by atoms with van der Waals surface area (Å²) in [7, 11) is 0. The van der Waals surface area contributed by atoms with Crippen LogP contribution in [0.4, 0.5) is 5.82 Å². The molecule has 1 aromatic heterocycles. The molecule has 15 heavy (non-hydrogen) atoms. The van der Waals surface area contributed by atoms with E-state index in [1.54, 1.807) is 4.68 Å². The monoisotopic (exact) mass is 324 g/mol. The van der Waals surface area contributed by atoms with Crippen LogP contribution in [-0.4, -0.2) is 19.9 Å². The summed E-state index contributed by atoms with van der Waals surface area (Å²) in [4.78, 5) is 9.99. The molecule has 0 aliphatic rings. The van der Waals surface area contributed by atoms with Crippen LogP contribution >= 0.6 is 22.6 Å². The lowest BCUT2D eigenvalue weighted by Crippen LogP contribution is -2.03. The Bertz CT molecular complexity index is 339. The smallest absolute Gasteiger partial charge is 0.358 e. The van der Waals surface area contributed by atoms with Crippen LogP contribution in [-0.2, 0) is 6.54 Å². The van der Waals surface area contributed by atoms with Gasteiger partial charge >= 0.3 is 5.82 Å². The van der Waals surface area contributed by atoms with Gasteiger partial charge in [0.25, 0.3) is 0 Å². The average molecular weight is 324 g/mol. The molecule has 0 aromatic carbocycles. The Balaban J connectivity index is 2.51. The minimum Gasteiger partial charge on any atom is -0.358 e. The lowest BCUT2D eigenvalue weighted by atomic mass is 10.2. The van der Waals surface area contributed by atoms with Gasteiger partial charge < -0.3 is 10.1 Å². The molecule has 1 heterocycles. The molecular formula is C8H13IN4O2. The maximum atomic E-state index is 10.5. The Morgan fingerprint density at radius 2 is 2.20 bits per heavy atom. The Morgan fingerprint density at radius 1 is 1.47 bits per heavy atom. The average Bonchev–Trinajstić information content (AvgIpc) is 2.55. The van der Waals surface area contributed by atoms with Gasteiger partial charge in [-0.25, -0.2) is 4.68 Å². The predicted octanol–water partition coefficient (Wildman–Crippen LogP) is 2.37. The van der Waals surface area contributed by atoms with Crippen molar-refractivity contribution in [1.29, 1.82) is 0 Å². The highest BCUT2D eigenvalue weighted by molar-refractivity contribution is 14.1. The summed E-state index contributed by atoms with van der Waals surface area (Å²) in [5.74, 6) is -0.147. The summed E-state index contributed by atoms with van der Waals surface area (Å²) in [5, 5.41) is 17.8. The first-order valence-corrected chi connectivity index (χ1v) is 5.98. The molecule has 84 valence electrons. The van der Waals surface area contributed by atoms with Gasteiger partial charge in [-0.2, -0.15) is 0 Å². The van der Waals surface area contributed by atoms with Crippen molar-refractivity contribution >= 4 is 28.4 Å². The summed E-state index contributed by atoms with van der Waals surface area (Å²) < 4.78 is 2.10. The van der Waals surface area contributed by atoms with E-state index in [4.69, 9.17) is 0 Å². The second kappa shape index (κ2) is 5.99. The third-order valence-corrected chi connectivity index (χ3v) is 3.09. The van der Waals surface area contributed by atoms with E-state index in [-0.39, 0.29) is 5.82 Å². The van der Waals surface area contributed by atoms with Crippen molar-refractivity contribution in [3.05, 3.63) is 13.8 Å². The maximum absolute atomic E-state index is 10.5. The van der Waals surface area contributed by atoms with Gasteiger partial charge in [-0.3, -0.25) is 0 Å². The van der Waals surface area contributed by atoms with Gasteiger partial charge in [0.1, 0.15) is 5.10 Å². The molecule has 7 heteroatoms. The molecule has 0 saturated heterocycles. The van der Waals surface area contributed by atoms with Crippen molar-refractivity contribution in [2.75, 3.05) is 0 Å². The van der Waals surface area contributed by atoms with Crippen molar-refractivity contribution in [3.63, 3.8) is 0 Å². The highest BCUT2D eigenvalue weighted by Gasteiger charge is 2.20. The lowest BCUT2D eigenvalue weighted by Gasteiger charge is -1.99. The van der Waals surface area contributed by atoms with E-state index in [9.17, 15) is 10.1 Å². The summed E-state index contributed by atoms with van der Waals surface area (Å²) in [5.41, 5.74) is 0. The quantitative estimate of drug-likeness (QED) is 0.348. The third kappa shape index (κ3) is 3.40. The van der Waals surface area contributed by atoms with Gasteiger partial charge in [0.05, 0.1) is 5.21 Å². The number of rotatable bonds is 6. The molecule has 6 nitrogen and oxygen atoms in total. The fourth-order valence-corrected chi connectivity index (χ4v) is 1.88. The molecule has 1 rings (SSSR count). The number of aromatic nitrogens is 3. The first-order chi connectivity index (χ1) is 7.16. The molecular weight excluding hydrogens is 311 g/mol. The molecule has 0 N–H and O–H groups in total. The van der Waals surface area contributed by atoms with E-state index in [1.807, 2.05) is 22.6 Å². The molecule has 0 bridgehead atoms. The Hall–Kier alpha value is -0.730. The fraction of sp³-hybridized carbons (Fsp3) is 0.750. The standard InChI is InChI=1S/C8H13IN4O2/c1-2-3-4-5-6-12-7(9)8(10-11-12)13(14)15/h2-6H2,1H3. The number of halogens is 1. The van der Waals surface area contributed by atoms with Gasteiger partial charge in [0.2, 0.25) is 3.70 Å². The summed E-state index contributed by atoms with van der Waals surface area (Å²) in [6, 6.07) is 0. The number of nitrogens with zero attached hydrogens (tertiary/aromatic N) is 4. The van der Waals surface area contributed by atoms with E-state index >= 15 is 0 Å². The number of unbranched alkanes of at least 4 members (excludes halogenated alkanes) is 3. The van der Waals surface area contributed by atoms with E-state index < -0.39 is 4.92 Å². The molecule has 0 atom stereocenters. The van der Waals surface area contributed by atoms with Gasteiger partial charge in [-0.05, 0) is 33.9 Å². The van der Waals surface area contributed by atoms with Gasteiger partial charge in [0, 0.05) is 6.54 Å². The lowest BCUT2D eigenvalue weighted by molar-refractivity contribution is -0.390. The van der Waals surface area contributed by atoms with E-state index in [0.717, 1.165) is 12.8 Å². The van der Waals surface area contributed by atoms with Gasteiger partial charge in [0.15, 0.2) is 0 Å². The predicted molar refractivity (Wildman–Crippen MR) is 63.5 cm³/mol. The van der Waals surface area contributed by atoms with Crippen molar-refractivity contribution < 1.29 is 4.92 Å². The van der Waals surface area contributed by atoms with Crippen LogP contribution in [0.1, 0.15) is 32.6 Å². The van der Waals surface area contributed by atoms with Crippen LogP contribution in [0.3, 0.4) is 0 Å². The van der Waals surface area contributed by atoms with Crippen molar-refractivity contribution in [3.8, 4) is 0 Å². The zero-order chi connectivity index (χ0) is 11.3. The number of nitro groups is 1. The molecule has 1 aromatic rings. The summed E-state index contributed by atoms with van der Waals surface area (Å²) >= 11 is 1.91. The SMILES string of the molecule is CCCCCCn1nnc([N+](=O)[O-])c1I. The largest absolute Gasteiger partial charge is 0.424 e. The molecule has 0 unspecified atom stereocenters.